The van der Waals surface area contributed by atoms with Crippen LogP contribution in [0.3, 0.4) is 0 Å². The van der Waals surface area contributed by atoms with Gasteiger partial charge in [-0.25, -0.2) is 9.07 Å². The standard InChI is InChI=1S/C17H14FN3O/c1-11-6-7-13(8-12(11)2)17-16(10-22)19-20-21(17)15-5-3-4-14(18)9-15/h3-10H,1-2H3. The molecule has 1 heterocycles. The van der Waals surface area contributed by atoms with Crippen molar-refractivity contribution in [1.82, 2.24) is 15.0 Å². The zero-order valence-corrected chi connectivity index (χ0v) is 12.2. The fourth-order valence-electron chi connectivity index (χ4n) is 2.32. The van der Waals surface area contributed by atoms with Crippen molar-refractivity contribution in [3.63, 3.8) is 0 Å². The fourth-order valence-corrected chi connectivity index (χ4v) is 2.32. The topological polar surface area (TPSA) is 47.8 Å². The molecule has 0 unspecified atom stereocenters. The van der Waals surface area contributed by atoms with Crippen LogP contribution in [0.25, 0.3) is 16.9 Å². The molecule has 3 rings (SSSR count). The van der Waals surface area contributed by atoms with E-state index in [0.717, 1.165) is 16.7 Å². The highest BCUT2D eigenvalue weighted by Gasteiger charge is 2.16. The molecule has 1 aromatic heterocycles. The molecular weight excluding hydrogens is 281 g/mol. The second-order valence-electron chi connectivity index (χ2n) is 5.13. The van der Waals surface area contributed by atoms with Crippen LogP contribution in [0.15, 0.2) is 42.5 Å². The lowest BCUT2D eigenvalue weighted by molar-refractivity contribution is 0.111. The lowest BCUT2D eigenvalue weighted by atomic mass is 10.0. The van der Waals surface area contributed by atoms with Gasteiger partial charge in [-0.2, -0.15) is 0 Å². The van der Waals surface area contributed by atoms with Crippen molar-refractivity contribution in [3.05, 3.63) is 65.1 Å². The Bertz CT molecular complexity index is 855. The van der Waals surface area contributed by atoms with Gasteiger partial charge in [0.15, 0.2) is 12.0 Å². The monoisotopic (exact) mass is 295 g/mol. The summed E-state index contributed by atoms with van der Waals surface area (Å²) < 4.78 is 14.9. The SMILES string of the molecule is Cc1ccc(-c2c(C=O)nnn2-c2cccc(F)c2)cc1C. The van der Waals surface area contributed by atoms with E-state index in [1.54, 1.807) is 12.1 Å². The molecule has 0 spiro atoms. The summed E-state index contributed by atoms with van der Waals surface area (Å²) in [6.07, 6.45) is 0.660. The number of hydrogen-bond acceptors (Lipinski definition) is 3. The van der Waals surface area contributed by atoms with E-state index in [2.05, 4.69) is 10.3 Å². The molecule has 0 radical (unpaired) electrons. The molecule has 0 aliphatic rings. The van der Waals surface area contributed by atoms with E-state index in [4.69, 9.17) is 0 Å². The van der Waals surface area contributed by atoms with Crippen LogP contribution in [0, 0.1) is 19.7 Å². The Morgan fingerprint density at radius 2 is 1.91 bits per heavy atom. The molecule has 4 nitrogen and oxygen atoms in total. The van der Waals surface area contributed by atoms with Gasteiger partial charge in [-0.1, -0.05) is 23.4 Å². The summed E-state index contributed by atoms with van der Waals surface area (Å²) in [5.41, 5.74) is 4.38. The van der Waals surface area contributed by atoms with Crippen LogP contribution in [0.2, 0.25) is 0 Å². The van der Waals surface area contributed by atoms with E-state index < -0.39 is 0 Å². The number of carbonyl (C=O) groups is 1. The number of nitrogens with zero attached hydrogens (tertiary/aromatic N) is 3. The first-order valence-corrected chi connectivity index (χ1v) is 6.84. The molecule has 22 heavy (non-hydrogen) atoms. The summed E-state index contributed by atoms with van der Waals surface area (Å²) in [6, 6.07) is 11.9. The highest BCUT2D eigenvalue weighted by molar-refractivity contribution is 5.84. The van der Waals surface area contributed by atoms with E-state index in [-0.39, 0.29) is 11.5 Å². The summed E-state index contributed by atoms with van der Waals surface area (Å²) in [5.74, 6) is -0.369. The van der Waals surface area contributed by atoms with Gasteiger partial charge in [0.05, 0.1) is 5.69 Å². The number of benzene rings is 2. The number of aromatic nitrogens is 3. The molecule has 2 aromatic carbocycles. The minimum atomic E-state index is -0.369. The normalized spacial score (nSPS) is 10.7. The van der Waals surface area contributed by atoms with Gasteiger partial charge in [-0.05, 0) is 49.2 Å². The van der Waals surface area contributed by atoms with E-state index in [1.165, 1.54) is 16.8 Å². The van der Waals surface area contributed by atoms with Crippen molar-refractivity contribution in [2.75, 3.05) is 0 Å². The summed E-state index contributed by atoms with van der Waals surface area (Å²) in [6.45, 7) is 4.01. The predicted octanol–water partition coefficient (Wildman–Crippen LogP) is 3.50. The predicted molar refractivity (Wildman–Crippen MR) is 81.6 cm³/mol. The van der Waals surface area contributed by atoms with Crippen LogP contribution >= 0.6 is 0 Å². The van der Waals surface area contributed by atoms with Crippen molar-refractivity contribution < 1.29 is 9.18 Å². The van der Waals surface area contributed by atoms with Crippen molar-refractivity contribution >= 4 is 6.29 Å². The first-order valence-electron chi connectivity index (χ1n) is 6.84. The molecule has 0 bridgehead atoms. The average molecular weight is 295 g/mol. The van der Waals surface area contributed by atoms with Crippen molar-refractivity contribution in [1.29, 1.82) is 0 Å². The zero-order valence-electron chi connectivity index (χ0n) is 12.2. The van der Waals surface area contributed by atoms with Gasteiger partial charge in [-0.15, -0.1) is 5.10 Å². The number of hydrogen-bond donors (Lipinski definition) is 0. The third-order valence-corrected chi connectivity index (χ3v) is 3.64. The molecule has 0 N–H and O–H groups in total. The Morgan fingerprint density at radius 1 is 1.09 bits per heavy atom. The van der Waals surface area contributed by atoms with Gasteiger partial charge in [0.25, 0.3) is 0 Å². The zero-order chi connectivity index (χ0) is 15.7. The highest BCUT2D eigenvalue weighted by Crippen LogP contribution is 2.26. The van der Waals surface area contributed by atoms with E-state index in [0.29, 0.717) is 17.7 Å². The lowest BCUT2D eigenvalue weighted by Gasteiger charge is -2.09. The van der Waals surface area contributed by atoms with Crippen LogP contribution in [-0.2, 0) is 0 Å². The van der Waals surface area contributed by atoms with Gasteiger partial charge >= 0.3 is 0 Å². The second kappa shape index (κ2) is 5.52. The van der Waals surface area contributed by atoms with Crippen molar-refractivity contribution in [3.8, 4) is 16.9 Å². The number of rotatable bonds is 3. The number of aldehydes is 1. The molecular formula is C17H14FN3O. The maximum Gasteiger partial charge on any atom is 0.172 e. The maximum atomic E-state index is 13.5. The number of halogens is 1. The van der Waals surface area contributed by atoms with Crippen LogP contribution in [-0.4, -0.2) is 21.3 Å². The van der Waals surface area contributed by atoms with Gasteiger partial charge in [0.2, 0.25) is 0 Å². The third-order valence-electron chi connectivity index (χ3n) is 3.64. The summed E-state index contributed by atoms with van der Waals surface area (Å²) in [5, 5.41) is 7.89. The minimum absolute atomic E-state index is 0.229. The Morgan fingerprint density at radius 3 is 2.59 bits per heavy atom. The Kier molecular flexibility index (Phi) is 3.55. The molecule has 0 saturated heterocycles. The lowest BCUT2D eigenvalue weighted by Crippen LogP contribution is -2.01. The summed E-state index contributed by atoms with van der Waals surface area (Å²) in [7, 11) is 0. The van der Waals surface area contributed by atoms with Crippen LogP contribution in [0.5, 0.6) is 0 Å². The van der Waals surface area contributed by atoms with Crippen molar-refractivity contribution in [2.45, 2.75) is 13.8 Å². The molecule has 0 atom stereocenters. The quantitative estimate of drug-likeness (QED) is 0.695. The first kappa shape index (κ1) is 14.1. The smallest absolute Gasteiger partial charge is 0.172 e. The first-order chi connectivity index (χ1) is 10.6. The van der Waals surface area contributed by atoms with Gasteiger partial charge < -0.3 is 0 Å². The van der Waals surface area contributed by atoms with Crippen molar-refractivity contribution in [2.24, 2.45) is 0 Å². The highest BCUT2D eigenvalue weighted by atomic mass is 19.1. The van der Waals surface area contributed by atoms with E-state index in [9.17, 15) is 9.18 Å². The summed E-state index contributed by atoms with van der Waals surface area (Å²) >= 11 is 0. The molecule has 5 heteroatoms. The molecule has 110 valence electrons. The largest absolute Gasteiger partial charge is 0.296 e. The molecule has 3 aromatic rings. The Balaban J connectivity index is 2.23. The van der Waals surface area contributed by atoms with E-state index >= 15 is 0 Å². The molecule has 0 fully saturated rings. The Labute approximate surface area is 127 Å². The van der Waals surface area contributed by atoms with Crippen LogP contribution < -0.4 is 0 Å². The van der Waals surface area contributed by atoms with Gasteiger partial charge in [0.1, 0.15) is 11.5 Å². The van der Waals surface area contributed by atoms with Crippen LogP contribution in [0.1, 0.15) is 21.6 Å². The minimum Gasteiger partial charge on any atom is -0.296 e. The number of carbonyl (C=O) groups excluding carboxylic acids is 1. The van der Waals surface area contributed by atoms with Gasteiger partial charge in [-0.3, -0.25) is 4.79 Å². The maximum absolute atomic E-state index is 13.5. The third kappa shape index (κ3) is 2.41. The summed E-state index contributed by atoms with van der Waals surface area (Å²) in [4.78, 5) is 11.3. The van der Waals surface area contributed by atoms with Gasteiger partial charge in [0, 0.05) is 5.56 Å². The molecule has 0 aliphatic carbocycles. The average Bonchev–Trinajstić information content (AvgIpc) is 2.94. The molecule has 0 amide bonds. The number of aryl methyl sites for hydroxylation is 2. The Hall–Kier alpha value is -2.82. The van der Waals surface area contributed by atoms with E-state index in [1.807, 2.05) is 32.0 Å². The molecule has 0 aliphatic heterocycles. The van der Waals surface area contributed by atoms with Crippen LogP contribution in [0.4, 0.5) is 4.39 Å². The molecule has 0 saturated carbocycles. The fraction of sp³-hybridized carbons (Fsp3) is 0.118. The second-order valence-corrected chi connectivity index (χ2v) is 5.13.